The molecule has 25 heavy (non-hydrogen) atoms. The van der Waals surface area contributed by atoms with Crippen LogP contribution in [0.3, 0.4) is 0 Å². The average Bonchev–Trinajstić information content (AvgIpc) is 3.04. The van der Waals surface area contributed by atoms with Crippen LogP contribution in [0.15, 0.2) is 66.7 Å². The van der Waals surface area contributed by atoms with E-state index < -0.39 is 0 Å². The van der Waals surface area contributed by atoms with Crippen LogP contribution in [0.1, 0.15) is 16.1 Å². The minimum absolute atomic E-state index is 0.233. The second kappa shape index (κ2) is 6.20. The standard InChI is InChI=1S/C20H16N4O/c1-13-15(11-12-16(21-13)14-7-3-2-4-8-14)19(25)24-20-22-17-9-5-6-10-18(17)23-20/h2-12H,1H3,(H2,22,23,24,25). The summed E-state index contributed by atoms with van der Waals surface area (Å²) in [6.45, 7) is 1.83. The second-order valence-corrected chi connectivity index (χ2v) is 5.75. The van der Waals surface area contributed by atoms with Crippen LogP contribution in [-0.4, -0.2) is 20.9 Å². The fourth-order valence-electron chi connectivity index (χ4n) is 2.76. The van der Waals surface area contributed by atoms with Crippen LogP contribution in [0.2, 0.25) is 0 Å². The molecule has 0 fully saturated rings. The van der Waals surface area contributed by atoms with Crippen molar-refractivity contribution in [3.05, 3.63) is 78.0 Å². The van der Waals surface area contributed by atoms with E-state index >= 15 is 0 Å². The second-order valence-electron chi connectivity index (χ2n) is 5.75. The van der Waals surface area contributed by atoms with Crippen molar-refractivity contribution >= 4 is 22.9 Å². The van der Waals surface area contributed by atoms with Gasteiger partial charge in [-0.2, -0.15) is 0 Å². The van der Waals surface area contributed by atoms with Crippen molar-refractivity contribution in [1.82, 2.24) is 15.0 Å². The fraction of sp³-hybridized carbons (Fsp3) is 0.0500. The largest absolute Gasteiger partial charge is 0.324 e. The number of hydrogen-bond acceptors (Lipinski definition) is 3. The molecule has 5 heteroatoms. The van der Waals surface area contributed by atoms with Gasteiger partial charge in [-0.25, -0.2) is 4.98 Å². The molecule has 0 aliphatic carbocycles. The highest BCUT2D eigenvalue weighted by atomic mass is 16.1. The first-order valence-corrected chi connectivity index (χ1v) is 8.00. The lowest BCUT2D eigenvalue weighted by molar-refractivity contribution is 0.102. The monoisotopic (exact) mass is 328 g/mol. The summed E-state index contributed by atoms with van der Waals surface area (Å²) in [5.74, 6) is 0.196. The Kier molecular flexibility index (Phi) is 3.74. The predicted molar refractivity (Wildman–Crippen MR) is 98.5 cm³/mol. The van der Waals surface area contributed by atoms with Gasteiger partial charge in [-0.3, -0.25) is 15.1 Å². The molecule has 0 spiro atoms. The van der Waals surface area contributed by atoms with E-state index in [1.807, 2.05) is 67.6 Å². The molecule has 1 amide bonds. The number of nitrogens with zero attached hydrogens (tertiary/aromatic N) is 2. The molecule has 122 valence electrons. The van der Waals surface area contributed by atoms with E-state index in [0.29, 0.717) is 17.2 Å². The number of benzene rings is 2. The first-order valence-electron chi connectivity index (χ1n) is 8.00. The number of imidazole rings is 1. The molecular weight excluding hydrogens is 312 g/mol. The highest BCUT2D eigenvalue weighted by molar-refractivity contribution is 6.04. The predicted octanol–water partition coefficient (Wildman–Crippen LogP) is 4.19. The number of aromatic nitrogens is 3. The van der Waals surface area contributed by atoms with Gasteiger partial charge >= 0.3 is 0 Å². The van der Waals surface area contributed by atoms with Crippen LogP contribution < -0.4 is 5.32 Å². The van der Waals surface area contributed by atoms with Gasteiger partial charge in [-0.15, -0.1) is 0 Å². The van der Waals surface area contributed by atoms with E-state index in [0.717, 1.165) is 22.3 Å². The Morgan fingerprint density at radius 2 is 1.68 bits per heavy atom. The molecule has 0 aliphatic heterocycles. The summed E-state index contributed by atoms with van der Waals surface area (Å²) in [4.78, 5) is 24.6. The Hall–Kier alpha value is -3.47. The van der Waals surface area contributed by atoms with Crippen LogP contribution in [-0.2, 0) is 0 Å². The molecule has 5 nitrogen and oxygen atoms in total. The molecule has 0 unspecified atom stereocenters. The number of carbonyl (C=O) groups is 1. The summed E-state index contributed by atoms with van der Waals surface area (Å²) >= 11 is 0. The minimum Gasteiger partial charge on any atom is -0.324 e. The third-order valence-electron chi connectivity index (χ3n) is 4.02. The van der Waals surface area contributed by atoms with E-state index in [1.54, 1.807) is 6.07 Å². The van der Waals surface area contributed by atoms with Crippen molar-refractivity contribution in [2.45, 2.75) is 6.92 Å². The molecule has 0 radical (unpaired) electrons. The molecule has 0 saturated carbocycles. The number of rotatable bonds is 3. The molecule has 4 rings (SSSR count). The molecule has 2 aromatic carbocycles. The lowest BCUT2D eigenvalue weighted by Gasteiger charge is -2.07. The van der Waals surface area contributed by atoms with E-state index in [9.17, 15) is 4.79 Å². The summed E-state index contributed by atoms with van der Waals surface area (Å²) in [6, 6.07) is 21.2. The van der Waals surface area contributed by atoms with Gasteiger partial charge in [0.15, 0.2) is 0 Å². The Labute approximate surface area is 144 Å². The summed E-state index contributed by atoms with van der Waals surface area (Å²) in [5, 5.41) is 2.80. The van der Waals surface area contributed by atoms with Gasteiger partial charge in [0.2, 0.25) is 5.95 Å². The molecule has 0 saturated heterocycles. The number of aryl methyl sites for hydroxylation is 1. The molecule has 2 heterocycles. The van der Waals surface area contributed by atoms with Crippen molar-refractivity contribution in [3.8, 4) is 11.3 Å². The number of nitrogens with one attached hydrogen (secondary N) is 2. The number of anilines is 1. The molecule has 4 aromatic rings. The molecule has 2 aromatic heterocycles. The van der Waals surface area contributed by atoms with Crippen molar-refractivity contribution in [2.24, 2.45) is 0 Å². The highest BCUT2D eigenvalue weighted by Crippen LogP contribution is 2.20. The van der Waals surface area contributed by atoms with Crippen molar-refractivity contribution in [2.75, 3.05) is 5.32 Å². The number of carbonyl (C=O) groups excluding carboxylic acids is 1. The van der Waals surface area contributed by atoms with Gasteiger partial charge in [0.1, 0.15) is 0 Å². The quantitative estimate of drug-likeness (QED) is 0.592. The number of fused-ring (bicyclic) bond motifs is 1. The number of pyridine rings is 1. The lowest BCUT2D eigenvalue weighted by atomic mass is 10.1. The van der Waals surface area contributed by atoms with E-state index in [4.69, 9.17) is 0 Å². The average molecular weight is 328 g/mol. The SMILES string of the molecule is Cc1nc(-c2ccccc2)ccc1C(=O)Nc1nc2ccccc2[nH]1. The molecule has 0 atom stereocenters. The van der Waals surface area contributed by atoms with E-state index in [-0.39, 0.29) is 5.91 Å². The van der Waals surface area contributed by atoms with Crippen LogP contribution in [0.4, 0.5) is 5.95 Å². The zero-order valence-electron chi connectivity index (χ0n) is 13.7. The smallest absolute Gasteiger partial charge is 0.259 e. The maximum absolute atomic E-state index is 12.5. The van der Waals surface area contributed by atoms with Crippen LogP contribution >= 0.6 is 0 Å². The lowest BCUT2D eigenvalue weighted by Crippen LogP contribution is -2.15. The first kappa shape index (κ1) is 15.1. The Bertz CT molecular complexity index is 1020. The normalized spacial score (nSPS) is 10.8. The zero-order valence-corrected chi connectivity index (χ0v) is 13.7. The van der Waals surface area contributed by atoms with Crippen molar-refractivity contribution in [3.63, 3.8) is 0 Å². The third kappa shape index (κ3) is 2.99. The third-order valence-corrected chi connectivity index (χ3v) is 4.02. The van der Waals surface area contributed by atoms with Crippen molar-refractivity contribution < 1.29 is 4.79 Å². The Morgan fingerprint density at radius 3 is 2.44 bits per heavy atom. The summed E-state index contributed by atoms with van der Waals surface area (Å²) in [6.07, 6.45) is 0. The van der Waals surface area contributed by atoms with Gasteiger partial charge in [0.05, 0.1) is 28.0 Å². The fourth-order valence-corrected chi connectivity index (χ4v) is 2.76. The highest BCUT2D eigenvalue weighted by Gasteiger charge is 2.13. The number of amides is 1. The van der Waals surface area contributed by atoms with E-state index in [1.165, 1.54) is 0 Å². The van der Waals surface area contributed by atoms with Gasteiger partial charge in [0, 0.05) is 5.56 Å². The Morgan fingerprint density at radius 1 is 0.920 bits per heavy atom. The Balaban J connectivity index is 1.59. The molecule has 2 N–H and O–H groups in total. The molecule has 0 bridgehead atoms. The summed E-state index contributed by atoms with van der Waals surface area (Å²) in [5.41, 5.74) is 4.77. The van der Waals surface area contributed by atoms with Crippen LogP contribution in [0.5, 0.6) is 0 Å². The van der Waals surface area contributed by atoms with Crippen molar-refractivity contribution in [1.29, 1.82) is 0 Å². The summed E-state index contributed by atoms with van der Waals surface area (Å²) in [7, 11) is 0. The first-order chi connectivity index (χ1) is 12.2. The zero-order chi connectivity index (χ0) is 17.2. The maximum Gasteiger partial charge on any atom is 0.259 e. The molecule has 0 aliphatic rings. The number of para-hydroxylation sites is 2. The van der Waals surface area contributed by atoms with Gasteiger partial charge in [-0.05, 0) is 31.2 Å². The van der Waals surface area contributed by atoms with Gasteiger partial charge < -0.3 is 4.98 Å². The van der Waals surface area contributed by atoms with Gasteiger partial charge in [0.25, 0.3) is 5.91 Å². The number of aromatic amines is 1. The van der Waals surface area contributed by atoms with Gasteiger partial charge in [-0.1, -0.05) is 42.5 Å². The summed E-state index contributed by atoms with van der Waals surface area (Å²) < 4.78 is 0. The molecular formula is C20H16N4O. The minimum atomic E-state index is -0.233. The number of hydrogen-bond donors (Lipinski definition) is 2. The van der Waals surface area contributed by atoms with Crippen LogP contribution in [0.25, 0.3) is 22.3 Å². The van der Waals surface area contributed by atoms with Crippen LogP contribution in [0, 0.1) is 6.92 Å². The number of H-pyrrole nitrogens is 1. The topological polar surface area (TPSA) is 70.7 Å². The van der Waals surface area contributed by atoms with E-state index in [2.05, 4.69) is 20.3 Å². The maximum atomic E-state index is 12.5.